The van der Waals surface area contributed by atoms with Crippen molar-refractivity contribution in [3.63, 3.8) is 0 Å². The third-order valence-electron chi connectivity index (χ3n) is 4.21. The van der Waals surface area contributed by atoms with Gasteiger partial charge in [-0.1, -0.05) is 57.9 Å². The van der Waals surface area contributed by atoms with Gasteiger partial charge in [0.15, 0.2) is 0 Å². The molecule has 0 saturated carbocycles. The zero-order valence-electron chi connectivity index (χ0n) is 15.5. The SMILES string of the molecule is CCCCCCCCC(/C=C/CCCCCCC(=O)OC)[N+](=O)[O-]. The van der Waals surface area contributed by atoms with Crippen molar-refractivity contribution in [3.8, 4) is 0 Å². The van der Waals surface area contributed by atoms with Crippen LogP contribution in [0.3, 0.4) is 0 Å². The summed E-state index contributed by atoms with van der Waals surface area (Å²) in [5.74, 6) is -0.154. The number of hydrogen-bond acceptors (Lipinski definition) is 4. The third-order valence-corrected chi connectivity index (χ3v) is 4.21. The van der Waals surface area contributed by atoms with Gasteiger partial charge in [0.2, 0.25) is 6.04 Å². The topological polar surface area (TPSA) is 69.4 Å². The molecule has 0 aliphatic carbocycles. The molecule has 0 aromatic carbocycles. The second-order valence-corrected chi connectivity index (χ2v) is 6.37. The second-order valence-electron chi connectivity index (χ2n) is 6.37. The maximum absolute atomic E-state index is 11.1. The largest absolute Gasteiger partial charge is 0.469 e. The van der Waals surface area contributed by atoms with Crippen molar-refractivity contribution in [2.24, 2.45) is 0 Å². The highest BCUT2D eigenvalue weighted by Crippen LogP contribution is 2.12. The van der Waals surface area contributed by atoms with Gasteiger partial charge in [-0.15, -0.1) is 0 Å². The molecule has 1 atom stereocenters. The molecule has 5 nitrogen and oxygen atoms in total. The van der Waals surface area contributed by atoms with E-state index in [4.69, 9.17) is 0 Å². The molecule has 0 bridgehead atoms. The van der Waals surface area contributed by atoms with Crippen LogP contribution >= 0.6 is 0 Å². The zero-order valence-corrected chi connectivity index (χ0v) is 15.5. The van der Waals surface area contributed by atoms with Gasteiger partial charge >= 0.3 is 5.97 Å². The number of nitro groups is 1. The highest BCUT2D eigenvalue weighted by Gasteiger charge is 2.14. The number of ether oxygens (including phenoxy) is 1. The second kappa shape index (κ2) is 16.5. The molecule has 1 unspecified atom stereocenters. The monoisotopic (exact) mass is 341 g/mol. The molecule has 140 valence electrons. The first-order chi connectivity index (χ1) is 11.6. The van der Waals surface area contributed by atoms with Gasteiger partial charge < -0.3 is 4.74 Å². The molecule has 24 heavy (non-hydrogen) atoms. The minimum absolute atomic E-state index is 0.154. The predicted molar refractivity (Wildman–Crippen MR) is 97.6 cm³/mol. The minimum Gasteiger partial charge on any atom is -0.469 e. The predicted octanol–water partition coefficient (Wildman–Crippen LogP) is 5.45. The summed E-state index contributed by atoms with van der Waals surface area (Å²) in [6, 6.07) is -0.532. The van der Waals surface area contributed by atoms with Crippen LogP contribution in [0, 0.1) is 10.1 Å². The fraction of sp³-hybridized carbons (Fsp3) is 0.842. The number of esters is 1. The van der Waals surface area contributed by atoms with Crippen molar-refractivity contribution >= 4 is 5.97 Å². The summed E-state index contributed by atoms with van der Waals surface area (Å²) < 4.78 is 4.59. The first kappa shape index (κ1) is 22.6. The molecular formula is C19H35NO4. The Hall–Kier alpha value is -1.39. The van der Waals surface area contributed by atoms with E-state index < -0.39 is 6.04 Å². The summed E-state index contributed by atoms with van der Waals surface area (Å²) in [6.07, 6.45) is 16.6. The van der Waals surface area contributed by atoms with Crippen molar-refractivity contribution in [1.82, 2.24) is 0 Å². The van der Waals surface area contributed by atoms with E-state index in [1.165, 1.54) is 32.8 Å². The van der Waals surface area contributed by atoms with E-state index in [-0.39, 0.29) is 10.9 Å². The third kappa shape index (κ3) is 14.2. The van der Waals surface area contributed by atoms with E-state index in [0.29, 0.717) is 12.8 Å². The fourth-order valence-electron chi connectivity index (χ4n) is 2.65. The Labute approximate surface area is 147 Å². The van der Waals surface area contributed by atoms with Gasteiger partial charge in [-0.25, -0.2) is 0 Å². The Morgan fingerprint density at radius 1 is 1.04 bits per heavy atom. The first-order valence-corrected chi connectivity index (χ1v) is 9.48. The van der Waals surface area contributed by atoms with Crippen LogP contribution in [0.1, 0.15) is 90.4 Å². The van der Waals surface area contributed by atoms with Crippen LogP contribution < -0.4 is 0 Å². The van der Waals surface area contributed by atoms with Gasteiger partial charge in [0.05, 0.1) is 7.11 Å². The number of rotatable bonds is 16. The van der Waals surface area contributed by atoms with Crippen LogP contribution in [0.2, 0.25) is 0 Å². The van der Waals surface area contributed by atoms with E-state index in [2.05, 4.69) is 11.7 Å². The number of hydrogen-bond donors (Lipinski definition) is 0. The van der Waals surface area contributed by atoms with Crippen molar-refractivity contribution in [3.05, 3.63) is 22.3 Å². The van der Waals surface area contributed by atoms with E-state index in [0.717, 1.165) is 44.9 Å². The summed E-state index contributed by atoms with van der Waals surface area (Å²) in [4.78, 5) is 21.9. The minimum atomic E-state index is -0.532. The van der Waals surface area contributed by atoms with Crippen molar-refractivity contribution in [2.75, 3.05) is 7.11 Å². The molecule has 0 aliphatic rings. The number of unbranched alkanes of at least 4 members (excludes halogenated alkanes) is 9. The Morgan fingerprint density at radius 2 is 1.67 bits per heavy atom. The highest BCUT2D eigenvalue weighted by atomic mass is 16.6. The van der Waals surface area contributed by atoms with Gasteiger partial charge in [0, 0.05) is 17.8 Å². The number of nitrogens with zero attached hydrogens (tertiary/aromatic N) is 1. The lowest BCUT2D eigenvalue weighted by atomic mass is 10.0. The van der Waals surface area contributed by atoms with Crippen LogP contribution in [0.15, 0.2) is 12.2 Å². The van der Waals surface area contributed by atoms with Crippen LogP contribution in [0.5, 0.6) is 0 Å². The summed E-state index contributed by atoms with van der Waals surface area (Å²) in [5, 5.41) is 11.1. The van der Waals surface area contributed by atoms with Gasteiger partial charge in [-0.05, 0) is 31.8 Å². The Bertz CT molecular complexity index is 355. The quantitative estimate of drug-likeness (QED) is 0.123. The van der Waals surface area contributed by atoms with E-state index in [9.17, 15) is 14.9 Å². The lowest BCUT2D eigenvalue weighted by molar-refractivity contribution is -0.510. The molecule has 0 rings (SSSR count). The number of allylic oxidation sites excluding steroid dienone is 1. The smallest absolute Gasteiger partial charge is 0.305 e. The summed E-state index contributed by atoms with van der Waals surface area (Å²) in [6.45, 7) is 2.19. The molecule has 0 aliphatic heterocycles. The Morgan fingerprint density at radius 3 is 2.33 bits per heavy atom. The molecule has 0 aromatic heterocycles. The maximum Gasteiger partial charge on any atom is 0.305 e. The van der Waals surface area contributed by atoms with Crippen LogP contribution in [0.4, 0.5) is 0 Å². The number of carbonyl (C=O) groups is 1. The van der Waals surface area contributed by atoms with Gasteiger partial charge in [0.1, 0.15) is 0 Å². The highest BCUT2D eigenvalue weighted by molar-refractivity contribution is 5.68. The van der Waals surface area contributed by atoms with Crippen LogP contribution in [-0.2, 0) is 9.53 Å². The summed E-state index contributed by atoms with van der Waals surface area (Å²) >= 11 is 0. The first-order valence-electron chi connectivity index (χ1n) is 9.48. The molecule has 0 fully saturated rings. The molecule has 0 saturated heterocycles. The summed E-state index contributed by atoms with van der Waals surface area (Å²) in [7, 11) is 1.41. The molecule has 0 amide bonds. The molecule has 5 heteroatoms. The van der Waals surface area contributed by atoms with E-state index >= 15 is 0 Å². The van der Waals surface area contributed by atoms with Gasteiger partial charge in [-0.3, -0.25) is 14.9 Å². The number of carbonyl (C=O) groups excluding carboxylic acids is 1. The molecule has 0 spiro atoms. The van der Waals surface area contributed by atoms with Crippen LogP contribution in [-0.4, -0.2) is 24.0 Å². The number of methoxy groups -OCH3 is 1. The molecule has 0 heterocycles. The average molecular weight is 341 g/mol. The van der Waals surface area contributed by atoms with Gasteiger partial charge in [-0.2, -0.15) is 0 Å². The van der Waals surface area contributed by atoms with Crippen LogP contribution in [0.25, 0.3) is 0 Å². The van der Waals surface area contributed by atoms with Crippen molar-refractivity contribution in [2.45, 2.75) is 96.4 Å². The van der Waals surface area contributed by atoms with Gasteiger partial charge in [0.25, 0.3) is 0 Å². The summed E-state index contributed by atoms with van der Waals surface area (Å²) in [5.41, 5.74) is 0. The lowest BCUT2D eigenvalue weighted by Gasteiger charge is -2.05. The molecule has 0 N–H and O–H groups in total. The average Bonchev–Trinajstić information content (AvgIpc) is 2.57. The maximum atomic E-state index is 11.1. The Balaban J connectivity index is 3.69. The molecule has 0 radical (unpaired) electrons. The normalized spacial score (nSPS) is 12.4. The van der Waals surface area contributed by atoms with E-state index in [1.54, 1.807) is 6.08 Å². The molecule has 0 aromatic rings. The lowest BCUT2D eigenvalue weighted by Crippen LogP contribution is -2.16. The Kier molecular flexibility index (Phi) is 15.5. The van der Waals surface area contributed by atoms with Crippen molar-refractivity contribution in [1.29, 1.82) is 0 Å². The standard InChI is InChI=1S/C19H35NO4/c1-3-4-5-6-9-12-15-18(20(22)23)16-13-10-7-8-11-14-17-19(21)24-2/h13,16,18H,3-12,14-15,17H2,1-2H3/b16-13+. The molecular weight excluding hydrogens is 306 g/mol. The van der Waals surface area contributed by atoms with Crippen molar-refractivity contribution < 1.29 is 14.5 Å². The van der Waals surface area contributed by atoms with E-state index in [1.807, 2.05) is 6.08 Å². The fourth-order valence-corrected chi connectivity index (χ4v) is 2.65. The zero-order chi connectivity index (χ0) is 18.0.